The molecule has 3 heteroatoms. The van der Waals surface area contributed by atoms with Crippen LogP contribution in [0.4, 0.5) is 0 Å². The summed E-state index contributed by atoms with van der Waals surface area (Å²) in [5.74, 6) is 0. The van der Waals surface area contributed by atoms with Crippen molar-refractivity contribution >= 4 is 0 Å². The van der Waals surface area contributed by atoms with E-state index >= 15 is 0 Å². The van der Waals surface area contributed by atoms with Crippen molar-refractivity contribution in [3.8, 4) is 33.6 Å². The number of fused-ring (bicyclic) bond motifs is 2. The van der Waals surface area contributed by atoms with E-state index in [-0.39, 0.29) is 27.5 Å². The summed E-state index contributed by atoms with van der Waals surface area (Å²) in [4.78, 5) is 9.02. The van der Waals surface area contributed by atoms with Crippen LogP contribution in [0, 0.1) is 19.1 Å². The third-order valence-electron chi connectivity index (χ3n) is 8.83. The van der Waals surface area contributed by atoms with Crippen molar-refractivity contribution < 1.29 is 20.1 Å². The van der Waals surface area contributed by atoms with E-state index < -0.39 is 0 Å². The molecule has 1 saturated carbocycles. The van der Waals surface area contributed by atoms with Crippen LogP contribution in [0.5, 0.6) is 0 Å². The van der Waals surface area contributed by atoms with Gasteiger partial charge in [0.1, 0.15) is 0 Å². The minimum atomic E-state index is 0. The van der Waals surface area contributed by atoms with Crippen LogP contribution in [0.15, 0.2) is 103 Å². The van der Waals surface area contributed by atoms with Gasteiger partial charge in [-0.05, 0) is 59.2 Å². The van der Waals surface area contributed by atoms with Gasteiger partial charge in [-0.3, -0.25) is 0 Å². The zero-order chi connectivity index (χ0) is 26.9. The molecule has 0 N–H and O–H groups in total. The molecule has 2 heterocycles. The van der Waals surface area contributed by atoms with Crippen LogP contribution in [-0.4, -0.2) is 9.97 Å². The first kappa shape index (κ1) is 30.6. The van der Waals surface area contributed by atoms with Gasteiger partial charge in [-0.1, -0.05) is 82.6 Å². The van der Waals surface area contributed by atoms with Gasteiger partial charge in [0.05, 0.1) is 0 Å². The van der Waals surface area contributed by atoms with Gasteiger partial charge in [0.15, 0.2) is 0 Å². The van der Waals surface area contributed by atoms with Crippen molar-refractivity contribution in [1.29, 1.82) is 0 Å². The van der Waals surface area contributed by atoms with Gasteiger partial charge in [0.2, 0.25) is 0 Å². The van der Waals surface area contributed by atoms with E-state index in [0.29, 0.717) is 10.8 Å². The number of aryl methyl sites for hydroxylation is 1. The fourth-order valence-electron chi connectivity index (χ4n) is 6.23. The van der Waals surface area contributed by atoms with E-state index in [1.165, 1.54) is 47.9 Å². The molecule has 3 aromatic carbocycles. The number of pyridine rings is 2. The van der Waals surface area contributed by atoms with Gasteiger partial charge < -0.3 is 9.97 Å². The molecule has 3 aliphatic rings. The summed E-state index contributed by atoms with van der Waals surface area (Å²) >= 11 is 0. The van der Waals surface area contributed by atoms with E-state index in [4.69, 9.17) is 4.98 Å². The second-order valence-electron chi connectivity index (χ2n) is 11.5. The molecule has 2 aromatic heterocycles. The quantitative estimate of drug-likeness (QED) is 0.174. The Balaban J connectivity index is 0.000000234. The first-order chi connectivity index (χ1) is 19.0. The molecule has 3 aliphatic carbocycles. The minimum Gasteiger partial charge on any atom is -0.305 e. The molecule has 0 unspecified atom stereocenters. The van der Waals surface area contributed by atoms with Crippen molar-refractivity contribution in [3.05, 3.63) is 132 Å². The fraction of sp³-hybridized carbons (Fsp3) is 0.263. The molecule has 41 heavy (non-hydrogen) atoms. The largest absolute Gasteiger partial charge is 0.305 e. The van der Waals surface area contributed by atoms with E-state index in [9.17, 15) is 0 Å². The molecule has 0 aliphatic heterocycles. The van der Waals surface area contributed by atoms with Crippen molar-refractivity contribution in [3.63, 3.8) is 0 Å². The summed E-state index contributed by atoms with van der Waals surface area (Å²) < 4.78 is 0. The average molecular weight is 715 g/mol. The number of benzene rings is 3. The zero-order valence-corrected chi connectivity index (χ0v) is 25.8. The average Bonchev–Trinajstić information content (AvgIpc) is 3.00. The molecular formula is C38H38IrN2-2. The van der Waals surface area contributed by atoms with Crippen molar-refractivity contribution in [2.45, 2.75) is 64.7 Å². The first-order valence-electron chi connectivity index (χ1n) is 13.9. The molecule has 211 valence electrons. The Hall–Kier alpha value is -3.39. The molecule has 5 aromatic rings. The van der Waals surface area contributed by atoms with Crippen LogP contribution in [0.25, 0.3) is 33.6 Å². The van der Waals surface area contributed by atoms with Gasteiger partial charge in [-0.2, -0.15) is 0 Å². The minimum absolute atomic E-state index is 0. The summed E-state index contributed by atoms with van der Waals surface area (Å²) in [6, 6.07) is 37.8. The Morgan fingerprint density at radius 1 is 0.683 bits per heavy atom. The third kappa shape index (κ3) is 6.13. The van der Waals surface area contributed by atoms with Gasteiger partial charge in [-0.15, -0.1) is 70.8 Å². The Bertz CT molecular complexity index is 1530. The molecule has 0 atom stereocenters. The standard InChI is InChI=1S/C26H26N.C11H8N.CH4.Ir/c1-18-15-24(27-17-21(18)19-7-5-4-6-8-19)20-9-10-22-23(16-20)26(3)13-11-25(22,2)12-14-26;1-2-6-10(7-3-1)11-8-4-5-9-12-11;;/h4-8,10,15-17H,11-14H2,1-3H3;1-6,8-9H;1H4;/q2*-1;;. The van der Waals surface area contributed by atoms with Gasteiger partial charge in [0.25, 0.3) is 0 Å². The Morgan fingerprint density at radius 2 is 1.37 bits per heavy atom. The summed E-state index contributed by atoms with van der Waals surface area (Å²) in [6.45, 7) is 7.07. The van der Waals surface area contributed by atoms with Crippen LogP contribution < -0.4 is 0 Å². The number of aromatic nitrogens is 2. The number of hydrogen-bond donors (Lipinski definition) is 0. The summed E-state index contributed by atoms with van der Waals surface area (Å²) in [5, 5.41) is 0. The molecule has 8 rings (SSSR count). The fourth-order valence-corrected chi connectivity index (χ4v) is 6.23. The molecule has 0 saturated heterocycles. The van der Waals surface area contributed by atoms with Crippen LogP contribution in [0.3, 0.4) is 0 Å². The second kappa shape index (κ2) is 12.6. The maximum absolute atomic E-state index is 4.81. The Morgan fingerprint density at radius 3 is 2.00 bits per heavy atom. The number of rotatable bonds is 3. The SMILES string of the molecule is C.Cc1cc(-c2[c-]cc3c(c2)C2(C)CCC3(C)CC2)ncc1-c1ccccc1.[Ir].[c-]1ccccc1-c1ccccn1. The van der Waals surface area contributed by atoms with Crippen molar-refractivity contribution in [2.24, 2.45) is 0 Å². The van der Waals surface area contributed by atoms with Gasteiger partial charge in [0, 0.05) is 38.1 Å². The van der Waals surface area contributed by atoms with E-state index in [1.807, 2.05) is 48.7 Å². The number of nitrogens with zero attached hydrogens (tertiary/aromatic N) is 2. The summed E-state index contributed by atoms with van der Waals surface area (Å²) in [5.41, 5.74) is 11.6. The van der Waals surface area contributed by atoms with Gasteiger partial charge in [-0.25, -0.2) is 0 Å². The second-order valence-corrected chi connectivity index (χ2v) is 11.5. The third-order valence-corrected chi connectivity index (χ3v) is 8.83. The van der Waals surface area contributed by atoms with Gasteiger partial charge >= 0.3 is 0 Å². The van der Waals surface area contributed by atoms with E-state index in [2.05, 4.69) is 86.4 Å². The summed E-state index contributed by atoms with van der Waals surface area (Å²) in [7, 11) is 0. The zero-order valence-electron chi connectivity index (χ0n) is 23.4. The van der Waals surface area contributed by atoms with Crippen molar-refractivity contribution in [2.75, 3.05) is 0 Å². The van der Waals surface area contributed by atoms with Crippen LogP contribution in [0.2, 0.25) is 0 Å². The first-order valence-corrected chi connectivity index (χ1v) is 13.9. The smallest absolute Gasteiger partial charge is 0.0242 e. The number of hydrogen-bond acceptors (Lipinski definition) is 2. The molecule has 2 nitrogen and oxygen atoms in total. The summed E-state index contributed by atoms with van der Waals surface area (Å²) in [6.07, 6.45) is 9.04. The Kier molecular flexibility index (Phi) is 9.42. The van der Waals surface area contributed by atoms with Crippen LogP contribution in [0.1, 0.15) is 63.6 Å². The molecule has 0 amide bonds. The molecule has 1 fully saturated rings. The molecule has 2 bridgehead atoms. The van der Waals surface area contributed by atoms with Crippen LogP contribution >= 0.6 is 0 Å². The van der Waals surface area contributed by atoms with E-state index in [0.717, 1.165) is 22.5 Å². The Labute approximate surface area is 259 Å². The molecule has 0 spiro atoms. The molecule has 1 radical (unpaired) electrons. The normalized spacial score (nSPS) is 20.0. The van der Waals surface area contributed by atoms with Crippen molar-refractivity contribution in [1.82, 2.24) is 9.97 Å². The topological polar surface area (TPSA) is 25.8 Å². The van der Waals surface area contributed by atoms with E-state index in [1.54, 1.807) is 11.8 Å². The molecular weight excluding hydrogens is 677 g/mol. The monoisotopic (exact) mass is 715 g/mol. The predicted molar refractivity (Wildman–Crippen MR) is 167 cm³/mol. The van der Waals surface area contributed by atoms with Crippen LogP contribution in [-0.2, 0) is 30.9 Å². The maximum Gasteiger partial charge on any atom is 0.0242 e. The maximum atomic E-state index is 4.81. The predicted octanol–water partition coefficient (Wildman–Crippen LogP) is 9.81.